The van der Waals surface area contributed by atoms with Gasteiger partial charge in [0.15, 0.2) is 11.6 Å². The zero-order valence-electron chi connectivity index (χ0n) is 15.2. The Hall–Kier alpha value is -3.68. The molecule has 2 aromatic carbocycles. The molecule has 2 bridgehead atoms. The van der Waals surface area contributed by atoms with Crippen molar-refractivity contribution in [3.05, 3.63) is 71.9 Å². The van der Waals surface area contributed by atoms with Gasteiger partial charge in [0.2, 0.25) is 0 Å². The Bertz CT molecular complexity index is 1210. The van der Waals surface area contributed by atoms with Gasteiger partial charge in [0.1, 0.15) is 5.82 Å². The second-order valence-electron chi connectivity index (χ2n) is 6.76. The molecule has 0 spiro atoms. The molecule has 1 N–H and O–H groups in total. The molecular weight excluding hydrogens is 379 g/mol. The molecule has 1 aliphatic rings. The summed E-state index contributed by atoms with van der Waals surface area (Å²) >= 11 is 0. The zero-order valence-corrected chi connectivity index (χ0v) is 15.2. The summed E-state index contributed by atoms with van der Waals surface area (Å²) in [5, 5.41) is 7.37. The van der Waals surface area contributed by atoms with Crippen LogP contribution in [0.4, 0.5) is 30.5 Å². The summed E-state index contributed by atoms with van der Waals surface area (Å²) in [5.74, 6) is 1.64. The Balaban J connectivity index is 1.61. The molecule has 0 atom stereocenters. The van der Waals surface area contributed by atoms with E-state index in [1.165, 1.54) is 12.1 Å². The van der Waals surface area contributed by atoms with Crippen molar-refractivity contribution in [1.82, 2.24) is 20.2 Å². The predicted octanol–water partition coefficient (Wildman–Crippen LogP) is 5.64. The molecule has 0 saturated carbocycles. The SMILES string of the molecule is Cc1cc(N2c3cc([nH]n3)-c3ccccc32)nc(-c2ccc(C(F)(F)F)cc2)n1. The molecule has 0 saturated heterocycles. The van der Waals surface area contributed by atoms with E-state index in [0.717, 1.165) is 29.1 Å². The highest BCUT2D eigenvalue weighted by Gasteiger charge is 2.30. The lowest BCUT2D eigenvalue weighted by atomic mass is 10.1. The minimum Gasteiger partial charge on any atom is -0.277 e. The summed E-state index contributed by atoms with van der Waals surface area (Å²) in [6, 6.07) is 16.4. The predicted molar refractivity (Wildman–Crippen MR) is 103 cm³/mol. The summed E-state index contributed by atoms with van der Waals surface area (Å²) < 4.78 is 38.6. The van der Waals surface area contributed by atoms with Crippen molar-refractivity contribution in [3.63, 3.8) is 0 Å². The number of hydrogen-bond acceptors (Lipinski definition) is 4. The van der Waals surface area contributed by atoms with Crippen LogP contribution in [0, 0.1) is 6.92 Å². The van der Waals surface area contributed by atoms with Gasteiger partial charge in [-0.3, -0.25) is 10.00 Å². The summed E-state index contributed by atoms with van der Waals surface area (Å²) in [5.41, 5.74) is 3.33. The van der Waals surface area contributed by atoms with Gasteiger partial charge in [-0.05, 0) is 25.1 Å². The lowest BCUT2D eigenvalue weighted by molar-refractivity contribution is -0.137. The second kappa shape index (κ2) is 6.16. The highest BCUT2D eigenvalue weighted by atomic mass is 19.4. The van der Waals surface area contributed by atoms with Crippen molar-refractivity contribution >= 4 is 17.3 Å². The van der Waals surface area contributed by atoms with E-state index in [9.17, 15) is 13.2 Å². The number of alkyl halides is 3. The topological polar surface area (TPSA) is 57.7 Å². The molecule has 144 valence electrons. The van der Waals surface area contributed by atoms with Gasteiger partial charge in [0.05, 0.1) is 16.9 Å². The number of hydrogen-bond donors (Lipinski definition) is 1. The maximum absolute atomic E-state index is 12.9. The lowest BCUT2D eigenvalue weighted by Crippen LogP contribution is -2.15. The molecule has 0 fully saturated rings. The van der Waals surface area contributed by atoms with Crippen molar-refractivity contribution in [2.45, 2.75) is 13.1 Å². The first-order valence-electron chi connectivity index (χ1n) is 8.88. The first-order chi connectivity index (χ1) is 13.9. The molecule has 29 heavy (non-hydrogen) atoms. The van der Waals surface area contributed by atoms with Gasteiger partial charge >= 0.3 is 6.18 Å². The van der Waals surface area contributed by atoms with E-state index in [0.29, 0.717) is 28.7 Å². The minimum absolute atomic E-state index is 0.354. The van der Waals surface area contributed by atoms with Gasteiger partial charge in [-0.15, -0.1) is 0 Å². The average Bonchev–Trinajstić information content (AvgIpc) is 3.12. The number of para-hydroxylation sites is 1. The van der Waals surface area contributed by atoms with Crippen molar-refractivity contribution in [3.8, 4) is 22.6 Å². The first-order valence-corrected chi connectivity index (χ1v) is 8.88. The molecule has 5 nitrogen and oxygen atoms in total. The number of aryl methyl sites for hydroxylation is 1. The summed E-state index contributed by atoms with van der Waals surface area (Å²) in [4.78, 5) is 11.0. The number of halogens is 3. The molecule has 0 aliphatic carbocycles. The van der Waals surface area contributed by atoms with Crippen molar-refractivity contribution in [2.24, 2.45) is 0 Å². The molecule has 2 aromatic heterocycles. The third-order valence-corrected chi connectivity index (χ3v) is 4.77. The van der Waals surface area contributed by atoms with Crippen LogP contribution < -0.4 is 4.90 Å². The van der Waals surface area contributed by atoms with Crippen LogP contribution in [0.25, 0.3) is 22.6 Å². The molecule has 5 rings (SSSR count). The number of H-pyrrole nitrogens is 1. The van der Waals surface area contributed by atoms with Crippen LogP contribution in [0.15, 0.2) is 60.7 Å². The fourth-order valence-electron chi connectivity index (χ4n) is 3.43. The van der Waals surface area contributed by atoms with Gasteiger partial charge in [-0.2, -0.15) is 18.3 Å². The van der Waals surface area contributed by atoms with Crippen molar-refractivity contribution < 1.29 is 13.2 Å². The van der Waals surface area contributed by atoms with E-state index in [1.54, 1.807) is 0 Å². The summed E-state index contributed by atoms with van der Waals surface area (Å²) in [7, 11) is 0. The maximum Gasteiger partial charge on any atom is 0.416 e. The molecule has 4 aromatic rings. The molecule has 0 radical (unpaired) electrons. The minimum atomic E-state index is -4.38. The number of anilines is 3. The first kappa shape index (κ1) is 17.4. The van der Waals surface area contributed by atoms with Gasteiger partial charge in [0.25, 0.3) is 0 Å². The van der Waals surface area contributed by atoms with Crippen molar-refractivity contribution in [2.75, 3.05) is 4.90 Å². The second-order valence-corrected chi connectivity index (χ2v) is 6.76. The third kappa shape index (κ3) is 2.93. The largest absolute Gasteiger partial charge is 0.416 e. The Morgan fingerprint density at radius 3 is 2.41 bits per heavy atom. The fraction of sp³-hybridized carbons (Fsp3) is 0.0952. The van der Waals surface area contributed by atoms with E-state index in [2.05, 4.69) is 20.2 Å². The number of aromatic nitrogens is 4. The highest BCUT2D eigenvalue weighted by molar-refractivity contribution is 5.90. The zero-order chi connectivity index (χ0) is 20.2. The fourth-order valence-corrected chi connectivity index (χ4v) is 3.43. The molecule has 8 heteroatoms. The molecule has 0 amide bonds. The average molecular weight is 393 g/mol. The number of benzene rings is 2. The van der Waals surface area contributed by atoms with Crippen LogP contribution in [-0.4, -0.2) is 20.2 Å². The van der Waals surface area contributed by atoms with Crippen LogP contribution in [0.3, 0.4) is 0 Å². The smallest absolute Gasteiger partial charge is 0.277 e. The number of nitrogens with zero attached hydrogens (tertiary/aromatic N) is 4. The van der Waals surface area contributed by atoms with Crippen LogP contribution >= 0.6 is 0 Å². The Labute approximate surface area is 163 Å². The standard InChI is InChI=1S/C21H14F3N5/c1-12-10-18(26-20(25-12)13-6-8-14(9-7-13)21(22,23)24)29-17-5-3-2-4-15(17)16-11-19(29)28-27-16/h2-11H,1H3,(H,27,28). The van der Waals surface area contributed by atoms with Crippen LogP contribution in [0.1, 0.15) is 11.3 Å². The number of nitrogens with one attached hydrogen (secondary N) is 1. The Kier molecular flexibility index (Phi) is 3.70. The van der Waals surface area contributed by atoms with Gasteiger partial charge in [-0.25, -0.2) is 9.97 Å². The van der Waals surface area contributed by atoms with Crippen LogP contribution in [-0.2, 0) is 6.18 Å². The Morgan fingerprint density at radius 1 is 0.897 bits per heavy atom. The number of aromatic amines is 1. The van der Waals surface area contributed by atoms with E-state index in [4.69, 9.17) is 0 Å². The van der Waals surface area contributed by atoms with Gasteiger partial charge in [0, 0.05) is 29.0 Å². The summed E-state index contributed by atoms with van der Waals surface area (Å²) in [6.45, 7) is 1.82. The molecule has 0 unspecified atom stereocenters. The number of fused-ring (bicyclic) bond motifs is 4. The quantitative estimate of drug-likeness (QED) is 0.421. The van der Waals surface area contributed by atoms with E-state index in [1.807, 2.05) is 48.2 Å². The highest BCUT2D eigenvalue weighted by Crippen LogP contribution is 2.44. The number of rotatable bonds is 2. The van der Waals surface area contributed by atoms with Crippen molar-refractivity contribution in [1.29, 1.82) is 0 Å². The maximum atomic E-state index is 12.9. The van der Waals surface area contributed by atoms with Gasteiger partial charge in [-0.1, -0.05) is 30.3 Å². The lowest BCUT2D eigenvalue weighted by Gasteiger charge is -2.26. The Morgan fingerprint density at radius 2 is 1.66 bits per heavy atom. The monoisotopic (exact) mass is 393 g/mol. The third-order valence-electron chi connectivity index (χ3n) is 4.77. The van der Waals surface area contributed by atoms with Gasteiger partial charge < -0.3 is 0 Å². The van der Waals surface area contributed by atoms with E-state index >= 15 is 0 Å². The van der Waals surface area contributed by atoms with E-state index < -0.39 is 11.7 Å². The van der Waals surface area contributed by atoms with Crippen LogP contribution in [0.2, 0.25) is 0 Å². The molecule has 1 aliphatic heterocycles. The normalized spacial score (nSPS) is 12.8. The van der Waals surface area contributed by atoms with Crippen LogP contribution in [0.5, 0.6) is 0 Å². The molecular formula is C21H14F3N5. The summed E-state index contributed by atoms with van der Waals surface area (Å²) in [6.07, 6.45) is -4.38. The van der Waals surface area contributed by atoms with E-state index in [-0.39, 0.29) is 0 Å². The molecule has 3 heterocycles.